The van der Waals surface area contributed by atoms with Crippen LogP contribution in [0.25, 0.3) is 11.1 Å². The summed E-state index contributed by atoms with van der Waals surface area (Å²) in [7, 11) is 1.49. The van der Waals surface area contributed by atoms with Crippen LogP contribution in [0, 0.1) is 29.6 Å². The molecule has 20 N–H and O–H groups in total. The van der Waals surface area contributed by atoms with Gasteiger partial charge in [0, 0.05) is 36.3 Å². The molecule has 5 aromatic rings. The quantitative estimate of drug-likeness (QED) is 0.0591. The van der Waals surface area contributed by atoms with Gasteiger partial charge in [-0.15, -0.1) is 0 Å². The van der Waals surface area contributed by atoms with E-state index in [-0.39, 0.29) is 91.7 Å². The van der Waals surface area contributed by atoms with Crippen molar-refractivity contribution >= 4 is 76.5 Å². The monoisotopic (exact) mass is 1560 g/mol. The number of imide groups is 1. The highest BCUT2D eigenvalue weighted by molar-refractivity contribution is 6.32. The van der Waals surface area contributed by atoms with Crippen molar-refractivity contribution < 1.29 is 103 Å². The topological polar surface area (TPSA) is 499 Å². The van der Waals surface area contributed by atoms with Gasteiger partial charge in [0.2, 0.25) is 59.3 Å². The van der Waals surface area contributed by atoms with E-state index in [0.29, 0.717) is 18.3 Å². The number of benzene rings is 5. The maximum atomic E-state index is 16.3. The highest BCUT2D eigenvalue weighted by Crippen LogP contribution is 2.55. The second kappa shape index (κ2) is 33.9. The zero-order valence-corrected chi connectivity index (χ0v) is 62.0. The van der Waals surface area contributed by atoms with E-state index in [4.69, 9.17) is 47.9 Å². The van der Waals surface area contributed by atoms with Gasteiger partial charge in [0.15, 0.2) is 11.5 Å². The van der Waals surface area contributed by atoms with Crippen molar-refractivity contribution in [3.05, 3.63) is 117 Å². The lowest BCUT2D eigenvalue weighted by Gasteiger charge is -2.54. The Bertz CT molecular complexity index is 4350. The highest BCUT2D eigenvalue weighted by Gasteiger charge is 2.51. The van der Waals surface area contributed by atoms with Gasteiger partial charge in [-0.1, -0.05) is 81.4 Å². The van der Waals surface area contributed by atoms with Gasteiger partial charge < -0.3 is 113 Å². The van der Waals surface area contributed by atoms with E-state index in [2.05, 4.69) is 53.2 Å². The van der Waals surface area contributed by atoms with E-state index in [1.807, 2.05) is 20.8 Å². The molecule has 6 heterocycles. The molecule has 0 spiro atoms. The number of phenols is 3. The van der Waals surface area contributed by atoms with Crippen LogP contribution in [-0.4, -0.2) is 175 Å². The number of unbranched alkanes of at least 4 members (excludes halogenated alkanes) is 3. The van der Waals surface area contributed by atoms with Crippen molar-refractivity contribution in [1.29, 1.82) is 0 Å². The Labute approximate surface area is 641 Å². The van der Waals surface area contributed by atoms with Gasteiger partial charge in [0.25, 0.3) is 0 Å². The number of phenolic OH excluding ortho intramolecular Hbond substituents is 3. The molecule has 4 aliphatic carbocycles. The minimum atomic E-state index is -2.34. The minimum absolute atomic E-state index is 0.0782. The van der Waals surface area contributed by atoms with Crippen LogP contribution < -0.4 is 73.1 Å². The van der Waals surface area contributed by atoms with Gasteiger partial charge in [-0.3, -0.25) is 43.7 Å². The molecule has 5 fully saturated rings. The number of aliphatic hydroxyl groups excluding tert-OH is 5. The number of nitrogens with one attached hydrogen (secondary N) is 10. The summed E-state index contributed by atoms with van der Waals surface area (Å²) in [5.41, 5.74) is 3.93. The molecule has 1 saturated heterocycles. The third-order valence-electron chi connectivity index (χ3n) is 21.6. The second-order valence-electron chi connectivity index (χ2n) is 29.8. The summed E-state index contributed by atoms with van der Waals surface area (Å²) in [5.74, 6) is -13.0. The van der Waals surface area contributed by atoms with Crippen molar-refractivity contribution in [2.75, 3.05) is 20.1 Å². The molecular formula is C76H91Cl2N11O21. The number of halogens is 2. The van der Waals surface area contributed by atoms with Crippen LogP contribution in [0.1, 0.15) is 150 Å². The number of aromatic hydroxyl groups is 3. The molecule has 4 saturated carbocycles. The molecule has 0 unspecified atom stereocenters. The van der Waals surface area contributed by atoms with Crippen molar-refractivity contribution in [3.63, 3.8) is 0 Å². The van der Waals surface area contributed by atoms with Gasteiger partial charge in [-0.25, -0.2) is 4.79 Å². The average molecular weight is 1570 g/mol. The summed E-state index contributed by atoms with van der Waals surface area (Å²) in [6, 6.07) is -0.606. The predicted octanol–water partition coefficient (Wildman–Crippen LogP) is 3.61. The van der Waals surface area contributed by atoms with Crippen molar-refractivity contribution in [3.8, 4) is 57.1 Å². The Morgan fingerprint density at radius 2 is 1.25 bits per heavy atom. The first kappa shape index (κ1) is 79.9. The highest BCUT2D eigenvalue weighted by atomic mass is 35.5. The summed E-state index contributed by atoms with van der Waals surface area (Å²) in [6.07, 6.45) is -7.01. The lowest BCUT2D eigenvalue weighted by Crippen LogP contribution is -2.60. The zero-order valence-electron chi connectivity index (χ0n) is 60.5. The summed E-state index contributed by atoms with van der Waals surface area (Å²) in [4.78, 5) is 136. The van der Waals surface area contributed by atoms with Crippen molar-refractivity contribution in [2.24, 2.45) is 35.3 Å². The van der Waals surface area contributed by atoms with E-state index in [1.54, 1.807) is 0 Å². The van der Waals surface area contributed by atoms with Gasteiger partial charge in [-0.05, 0) is 164 Å². The maximum absolute atomic E-state index is 16.3. The van der Waals surface area contributed by atoms with E-state index in [9.17, 15) is 55.2 Å². The Morgan fingerprint density at radius 1 is 0.636 bits per heavy atom. The number of hydrogen-bond donors (Lipinski definition) is 19. The maximum Gasteiger partial charge on any atom is 0.321 e. The molecule has 32 nitrogen and oxygen atoms in total. The normalized spacial score (nSPS) is 28.6. The first-order valence-electron chi connectivity index (χ1n) is 36.8. The van der Waals surface area contributed by atoms with Crippen LogP contribution in [0.3, 0.4) is 0 Å². The smallest absolute Gasteiger partial charge is 0.321 e. The molecule has 10 amide bonds. The fraction of sp³-hybridized carbons (Fsp3) is 0.487. The van der Waals surface area contributed by atoms with Gasteiger partial charge >= 0.3 is 6.03 Å². The lowest BCUT2D eigenvalue weighted by atomic mass is 9.54. The molecule has 15 bridgehead atoms. The number of carbonyl (C=O) groups is 9. The third kappa shape index (κ3) is 17.3. The molecular weight excluding hydrogens is 1470 g/mol. The first-order valence-corrected chi connectivity index (χ1v) is 37.6. The Morgan fingerprint density at radius 3 is 1.87 bits per heavy atom. The van der Waals surface area contributed by atoms with Crippen LogP contribution in [0.15, 0.2) is 78.9 Å². The Kier molecular flexibility index (Phi) is 24.7. The number of nitrogens with two attached hydrogens (primary N) is 1. The fourth-order valence-electron chi connectivity index (χ4n) is 16.2. The number of hydrogen-bond acceptors (Lipinski definition) is 23. The standard InChI is InChI=1S/C76H91Cl2N11O21/c1-5-6-7-8-15-81-76(106)83-54(93)29-46-69(100)85-58-39-25-51(107-49-13-10-35(23-43(49)77)62(94)60(73(104)82-46)88-68(99)45(80-4)16-31(2)3)67(110-75-66(98)65(97)64(96)53(30-79)109-75)52(26-39)108-50-14-11-36(24-44(50)78)63(95)61-74(105)87-59(72(103)84-56-37-18-32-17-33(20-37)21-38(56)19-32)42-27-40(90)28-48(92)55(42)41-22-34(9-12-47(41)91)57(70(101)89-61)86-71(58)102/h9-14,22-28,31-33,37-38,45-46,53,56-66,75,80,90-92,94-98H,5-8,15-21,29-30,79H2,1-4H3,(H,82,104)(H,84,103)(H,85,100)(H,86,102)(H,87,105)(H,88,99)(H,89,101)(H2,81,83,93,106)/t32?,33?,37?,38?,45-,46+,53-,56?,57-,58-,59+,60-,61+,62-,63-,64-,65+,66-,75+/m1/s1. The lowest BCUT2D eigenvalue weighted by molar-refractivity contribution is -0.270. The van der Waals surface area contributed by atoms with E-state index in [1.165, 1.54) is 31.3 Å². The summed E-state index contributed by atoms with van der Waals surface area (Å²) < 4.78 is 25.6. The van der Waals surface area contributed by atoms with Crippen LogP contribution in [0.4, 0.5) is 4.79 Å². The number of ether oxygens (including phenoxy) is 4. The third-order valence-corrected chi connectivity index (χ3v) is 22.1. The van der Waals surface area contributed by atoms with Crippen LogP contribution in [0.2, 0.25) is 10.0 Å². The fourth-order valence-corrected chi connectivity index (χ4v) is 16.6. The molecule has 5 aromatic carbocycles. The number of likely N-dealkylation sites (N-methyl/N-ethyl adjacent to an activating group) is 1. The summed E-state index contributed by atoms with van der Waals surface area (Å²) in [5, 5.41) is 120. The van der Waals surface area contributed by atoms with Crippen LogP contribution in [-0.2, 0) is 43.1 Å². The van der Waals surface area contributed by atoms with Gasteiger partial charge in [0.05, 0.1) is 22.5 Å². The van der Waals surface area contributed by atoms with Crippen molar-refractivity contribution in [1.82, 2.24) is 53.2 Å². The van der Waals surface area contributed by atoms with Crippen molar-refractivity contribution in [2.45, 2.75) is 183 Å². The molecule has 0 aromatic heterocycles. The molecule has 34 heteroatoms. The minimum Gasteiger partial charge on any atom is -0.508 e. The van der Waals surface area contributed by atoms with E-state index in [0.717, 1.165) is 106 Å². The average Bonchev–Trinajstić information content (AvgIpc) is 0.761. The number of amides is 10. The number of urea groups is 1. The predicted molar refractivity (Wildman–Crippen MR) is 393 cm³/mol. The summed E-state index contributed by atoms with van der Waals surface area (Å²) in [6.45, 7) is 5.32. The molecule has 15 rings (SSSR count). The summed E-state index contributed by atoms with van der Waals surface area (Å²) >= 11 is 14.2. The molecule has 14 atom stereocenters. The SMILES string of the molecule is CCCCCCNC(=O)NC(=O)C[C@@H]1NC(=O)[C@H](NC(=O)[C@@H](CC(C)C)NC)[C@H](O)c2ccc(c(Cl)c2)Oc2cc3cc(c2O[C@@H]2O[C@H](CN)[C@@H](O)[C@H](O)[C@H]2O)Oc2ccc(cc2Cl)[C@@H](O)[C@@H]2NC(=O)[C@H](NC(=O)[C@@H]3NC1=O)c1ccc(O)c(c1)-c1c(O)cc(O)cc1[C@@H](C(=O)NC1C3CC4CC(C3)CC1C4)NC2=O. The molecule has 0 radical (unpaired) electrons. The number of fused-ring (bicyclic) bond motifs is 15. The number of aliphatic hydroxyl groups is 5. The van der Waals surface area contributed by atoms with E-state index < -0.39 is 192 Å². The first-order chi connectivity index (χ1) is 52.5. The van der Waals surface area contributed by atoms with Gasteiger partial charge in [-0.2, -0.15) is 0 Å². The van der Waals surface area contributed by atoms with Gasteiger partial charge in [0.1, 0.15) is 102 Å². The molecule has 10 aliphatic rings. The number of carbonyl (C=O) groups excluding carboxylic acids is 9. The Balaban J connectivity index is 1.05. The molecule has 590 valence electrons. The number of rotatable bonds is 17. The molecule has 110 heavy (non-hydrogen) atoms. The molecule has 6 aliphatic heterocycles. The van der Waals surface area contributed by atoms with Crippen LogP contribution >= 0.6 is 23.2 Å². The Hall–Kier alpha value is -9.61. The second-order valence-corrected chi connectivity index (χ2v) is 30.6. The zero-order chi connectivity index (χ0) is 78.8. The van der Waals surface area contributed by atoms with E-state index >= 15 is 28.8 Å². The largest absolute Gasteiger partial charge is 0.508 e. The van der Waals surface area contributed by atoms with Crippen LogP contribution in [0.5, 0.6) is 46.0 Å².